The number of nitrogens with zero attached hydrogens (tertiary/aromatic N) is 2. The van der Waals surface area contributed by atoms with E-state index >= 15 is 0 Å². The summed E-state index contributed by atoms with van der Waals surface area (Å²) in [6.07, 6.45) is -2.68. The molecule has 0 fully saturated rings. The van der Waals surface area contributed by atoms with Crippen LogP contribution >= 0.6 is 15.9 Å². The van der Waals surface area contributed by atoms with E-state index < -0.39 is 17.3 Å². The highest BCUT2D eigenvalue weighted by Gasteiger charge is 2.30. The molecule has 1 atom stereocenters. The van der Waals surface area contributed by atoms with Gasteiger partial charge < -0.3 is 10.1 Å². The molecule has 4 rings (SSSR count). The first-order valence-corrected chi connectivity index (χ1v) is 14.8. The summed E-state index contributed by atoms with van der Waals surface area (Å²) in [5, 5.41) is 3.00. The van der Waals surface area contributed by atoms with Crippen molar-refractivity contribution in [2.45, 2.75) is 71.2 Å². The summed E-state index contributed by atoms with van der Waals surface area (Å²) in [5.74, 6) is -0.574. The molecule has 0 spiro atoms. The lowest BCUT2D eigenvalue weighted by Gasteiger charge is -2.19. The molecule has 0 aliphatic carbocycles. The van der Waals surface area contributed by atoms with Crippen LogP contribution in [-0.4, -0.2) is 27.4 Å². The molecular weight excluding hydrogens is 623 g/mol. The van der Waals surface area contributed by atoms with Crippen LogP contribution in [0, 0.1) is 0 Å². The molecule has 1 aromatic heterocycles. The Bertz CT molecular complexity index is 1620. The average molecular weight is 657 g/mol. The summed E-state index contributed by atoms with van der Waals surface area (Å²) in [6, 6.07) is 17.2. The Morgan fingerprint density at radius 1 is 0.930 bits per heavy atom. The van der Waals surface area contributed by atoms with Gasteiger partial charge in [0.2, 0.25) is 0 Å². The van der Waals surface area contributed by atoms with E-state index in [1.54, 1.807) is 18.2 Å². The minimum Gasteiger partial charge on any atom is -0.460 e. The number of nitrogens with one attached hydrogen (secondary N) is 1. The van der Waals surface area contributed by atoms with Gasteiger partial charge in [-0.05, 0) is 95.0 Å². The summed E-state index contributed by atoms with van der Waals surface area (Å²) in [5.41, 5.74) is 2.53. The lowest BCUT2D eigenvalue weighted by Crippen LogP contribution is -2.26. The predicted octanol–water partition coefficient (Wildman–Crippen LogP) is 8.62. The third kappa shape index (κ3) is 8.86. The number of rotatable bonds is 9. The van der Waals surface area contributed by atoms with Crippen molar-refractivity contribution < 1.29 is 27.5 Å². The number of benzene rings is 3. The zero-order valence-corrected chi connectivity index (χ0v) is 26.0. The smallest absolute Gasteiger partial charge is 0.416 e. The van der Waals surface area contributed by atoms with Crippen LogP contribution < -0.4 is 5.32 Å². The monoisotopic (exact) mass is 655 g/mol. The summed E-state index contributed by atoms with van der Waals surface area (Å²) >= 11 is 3.45. The molecule has 1 heterocycles. The Labute approximate surface area is 257 Å². The first kappa shape index (κ1) is 32.1. The summed E-state index contributed by atoms with van der Waals surface area (Å²) in [6.45, 7) is 7.32. The van der Waals surface area contributed by atoms with Gasteiger partial charge in [-0.2, -0.15) is 13.2 Å². The van der Waals surface area contributed by atoms with Crippen molar-refractivity contribution in [3.8, 4) is 11.3 Å². The molecule has 226 valence electrons. The fraction of sp³-hybridized carbons (Fsp3) is 0.333. The third-order valence-corrected chi connectivity index (χ3v) is 7.14. The number of esters is 1. The zero-order chi connectivity index (χ0) is 31.4. The minimum absolute atomic E-state index is 0.231. The molecule has 0 aliphatic rings. The standard InChI is InChI=1S/C33H33BrF3N3O3/c1-20(22-8-7-9-25(34)18-22)38-31(42)23-14-17-26-28(19-23)39-27(10-5-6-11-29(41)43-32(2,3)4)30(40-26)21-12-15-24(16-13-21)33(35,36)37/h7-9,12-20H,5-6,10-11H2,1-4H3,(H,38,42)/t20-/m1/s1. The largest absolute Gasteiger partial charge is 0.460 e. The maximum atomic E-state index is 13.2. The number of hydrogen-bond acceptors (Lipinski definition) is 5. The van der Waals surface area contributed by atoms with Gasteiger partial charge in [0, 0.05) is 22.0 Å². The van der Waals surface area contributed by atoms with E-state index in [-0.39, 0.29) is 24.3 Å². The van der Waals surface area contributed by atoms with Gasteiger partial charge in [0.05, 0.1) is 34.0 Å². The van der Waals surface area contributed by atoms with Crippen molar-refractivity contribution in [3.05, 3.63) is 93.6 Å². The maximum Gasteiger partial charge on any atom is 0.416 e. The third-order valence-electron chi connectivity index (χ3n) is 6.65. The van der Waals surface area contributed by atoms with Crippen LogP contribution in [0.5, 0.6) is 0 Å². The highest BCUT2D eigenvalue weighted by Crippen LogP contribution is 2.32. The molecule has 4 aromatic rings. The molecular formula is C33H33BrF3N3O3. The lowest BCUT2D eigenvalue weighted by molar-refractivity contribution is -0.155. The highest BCUT2D eigenvalue weighted by atomic mass is 79.9. The van der Waals surface area contributed by atoms with E-state index in [2.05, 4.69) is 21.2 Å². The molecule has 0 bridgehead atoms. The van der Waals surface area contributed by atoms with E-state index in [9.17, 15) is 22.8 Å². The molecule has 0 aliphatic heterocycles. The molecule has 6 nitrogen and oxygen atoms in total. The predicted molar refractivity (Wildman–Crippen MR) is 163 cm³/mol. The number of unbranched alkanes of at least 4 members (excludes halogenated alkanes) is 1. The van der Waals surface area contributed by atoms with E-state index in [1.807, 2.05) is 52.0 Å². The van der Waals surface area contributed by atoms with Crippen molar-refractivity contribution in [1.29, 1.82) is 0 Å². The molecule has 3 aromatic carbocycles. The number of alkyl halides is 3. The number of fused-ring (bicyclic) bond motifs is 1. The minimum atomic E-state index is -4.45. The molecule has 1 N–H and O–H groups in total. The van der Waals surface area contributed by atoms with Gasteiger partial charge in [-0.3, -0.25) is 9.59 Å². The van der Waals surface area contributed by atoms with Gasteiger partial charge in [-0.1, -0.05) is 40.2 Å². The quantitative estimate of drug-likeness (QED) is 0.144. The van der Waals surface area contributed by atoms with Crippen LogP contribution in [0.1, 0.15) is 80.2 Å². The van der Waals surface area contributed by atoms with Crippen LogP contribution in [0.4, 0.5) is 13.2 Å². The number of hydrogen-bond donors (Lipinski definition) is 1. The van der Waals surface area contributed by atoms with Gasteiger partial charge in [0.15, 0.2) is 0 Å². The Kier molecular flexibility index (Phi) is 9.89. The van der Waals surface area contributed by atoms with Crippen molar-refractivity contribution >= 4 is 38.8 Å². The summed E-state index contributed by atoms with van der Waals surface area (Å²) in [7, 11) is 0. The van der Waals surface area contributed by atoms with Crippen LogP contribution in [0.25, 0.3) is 22.3 Å². The first-order valence-electron chi connectivity index (χ1n) is 14.0. The molecule has 0 radical (unpaired) electrons. The summed E-state index contributed by atoms with van der Waals surface area (Å²) in [4.78, 5) is 34.8. The fourth-order valence-corrected chi connectivity index (χ4v) is 4.97. The van der Waals surface area contributed by atoms with Crippen LogP contribution in [0.3, 0.4) is 0 Å². The molecule has 43 heavy (non-hydrogen) atoms. The van der Waals surface area contributed by atoms with E-state index in [0.717, 1.165) is 22.2 Å². The Hall–Kier alpha value is -3.79. The molecule has 0 unspecified atom stereocenters. The van der Waals surface area contributed by atoms with Gasteiger partial charge in [0.1, 0.15) is 5.60 Å². The number of halogens is 4. The van der Waals surface area contributed by atoms with Crippen LogP contribution in [-0.2, 0) is 22.1 Å². The topological polar surface area (TPSA) is 81.2 Å². The first-order chi connectivity index (χ1) is 20.2. The van der Waals surface area contributed by atoms with Gasteiger partial charge in [-0.15, -0.1) is 0 Å². The Morgan fingerprint density at radius 3 is 2.30 bits per heavy atom. The number of aromatic nitrogens is 2. The van der Waals surface area contributed by atoms with Gasteiger partial charge >= 0.3 is 12.1 Å². The van der Waals surface area contributed by atoms with E-state index in [1.165, 1.54) is 12.1 Å². The van der Waals surface area contributed by atoms with Gasteiger partial charge in [0.25, 0.3) is 5.91 Å². The number of carbonyl (C=O) groups excluding carboxylic acids is 2. The van der Waals surface area contributed by atoms with Crippen molar-refractivity contribution in [2.24, 2.45) is 0 Å². The zero-order valence-electron chi connectivity index (χ0n) is 24.4. The Morgan fingerprint density at radius 2 is 1.65 bits per heavy atom. The lowest BCUT2D eigenvalue weighted by atomic mass is 10.0. The average Bonchev–Trinajstić information content (AvgIpc) is 2.93. The highest BCUT2D eigenvalue weighted by molar-refractivity contribution is 9.10. The molecule has 10 heteroatoms. The molecule has 0 saturated heterocycles. The second-order valence-corrected chi connectivity index (χ2v) is 12.3. The van der Waals surface area contributed by atoms with E-state index in [4.69, 9.17) is 14.7 Å². The SMILES string of the molecule is C[C@@H](NC(=O)c1ccc2nc(-c3ccc(C(F)(F)F)cc3)c(CCCCC(=O)OC(C)(C)C)nc2c1)c1cccc(Br)c1. The molecule has 1 amide bonds. The maximum absolute atomic E-state index is 13.2. The fourth-order valence-electron chi connectivity index (χ4n) is 4.55. The van der Waals surface area contributed by atoms with Crippen molar-refractivity contribution in [2.75, 3.05) is 0 Å². The number of carbonyl (C=O) groups is 2. The molecule has 0 saturated carbocycles. The van der Waals surface area contributed by atoms with Crippen molar-refractivity contribution in [1.82, 2.24) is 15.3 Å². The second kappa shape index (κ2) is 13.2. The summed E-state index contributed by atoms with van der Waals surface area (Å²) < 4.78 is 45.8. The van der Waals surface area contributed by atoms with Crippen LogP contribution in [0.15, 0.2) is 71.2 Å². The number of ether oxygens (including phenoxy) is 1. The van der Waals surface area contributed by atoms with Gasteiger partial charge in [-0.25, -0.2) is 9.97 Å². The Balaban J connectivity index is 1.60. The number of aryl methyl sites for hydroxylation is 1. The normalized spacial score (nSPS) is 12.7. The second-order valence-electron chi connectivity index (χ2n) is 11.3. The van der Waals surface area contributed by atoms with Crippen LogP contribution in [0.2, 0.25) is 0 Å². The number of amides is 1. The van der Waals surface area contributed by atoms with Crippen molar-refractivity contribution in [3.63, 3.8) is 0 Å². The van der Waals surface area contributed by atoms with E-state index in [0.29, 0.717) is 52.8 Å².